The summed E-state index contributed by atoms with van der Waals surface area (Å²) >= 11 is 1.87. The smallest absolute Gasteiger partial charge is 0.102 e. The minimum Gasteiger partial charge on any atom is -0.374 e. The van der Waals surface area contributed by atoms with Crippen molar-refractivity contribution in [1.29, 1.82) is 0 Å². The monoisotopic (exact) mass is 315 g/mol. The third kappa shape index (κ3) is 3.03. The molecular weight excluding hydrogens is 298 g/mol. The summed E-state index contributed by atoms with van der Waals surface area (Å²) in [4.78, 5) is 1.29. The summed E-state index contributed by atoms with van der Waals surface area (Å²) in [5, 5.41) is 3.77. The van der Waals surface area contributed by atoms with E-state index in [-0.39, 0.29) is 0 Å². The molecule has 1 atom stereocenters. The Balaban J connectivity index is 1.51. The van der Waals surface area contributed by atoms with Crippen molar-refractivity contribution in [1.82, 2.24) is 5.32 Å². The van der Waals surface area contributed by atoms with Gasteiger partial charge >= 0.3 is 0 Å². The van der Waals surface area contributed by atoms with Gasteiger partial charge in [0, 0.05) is 11.1 Å². The lowest BCUT2D eigenvalue weighted by molar-refractivity contribution is 0.863. The van der Waals surface area contributed by atoms with Crippen molar-refractivity contribution in [3.05, 3.63) is 102 Å². The van der Waals surface area contributed by atoms with Crippen molar-refractivity contribution in [2.24, 2.45) is 0 Å². The Hall–Kier alpha value is -2.45. The lowest BCUT2D eigenvalue weighted by Crippen LogP contribution is -2.06. The van der Waals surface area contributed by atoms with Crippen LogP contribution in [0.3, 0.4) is 0 Å². The highest BCUT2D eigenvalue weighted by Gasteiger charge is 2.19. The number of benzene rings is 3. The molecule has 1 unspecified atom stereocenters. The normalized spacial score (nSPS) is 16.7. The molecule has 0 amide bonds. The summed E-state index contributed by atoms with van der Waals surface area (Å²) in [6.07, 6.45) is 2.12. The Morgan fingerprint density at radius 3 is 1.87 bits per heavy atom. The molecular formula is C21H17NS. The average molecular weight is 315 g/mol. The first-order valence-corrected chi connectivity index (χ1v) is 8.62. The van der Waals surface area contributed by atoms with Gasteiger partial charge < -0.3 is 5.32 Å². The zero-order valence-electron chi connectivity index (χ0n) is 12.6. The number of hydrogen-bond acceptors (Lipinski definition) is 2. The van der Waals surface area contributed by atoms with Crippen LogP contribution in [0.15, 0.2) is 91.1 Å². The molecule has 0 bridgehead atoms. The summed E-state index contributed by atoms with van der Waals surface area (Å²) < 4.78 is 0. The number of thioether (sulfide) groups is 1. The van der Waals surface area contributed by atoms with Crippen LogP contribution in [0, 0.1) is 0 Å². The highest BCUT2D eigenvalue weighted by atomic mass is 32.2. The molecule has 0 aromatic heterocycles. The van der Waals surface area contributed by atoms with E-state index >= 15 is 0 Å². The average Bonchev–Trinajstić information content (AvgIpc) is 3.14. The van der Waals surface area contributed by atoms with E-state index in [2.05, 4.69) is 90.4 Å². The molecule has 1 nitrogen and oxygen atoms in total. The maximum Gasteiger partial charge on any atom is 0.102 e. The van der Waals surface area contributed by atoms with Crippen molar-refractivity contribution in [3.8, 4) is 11.1 Å². The van der Waals surface area contributed by atoms with Gasteiger partial charge in [-0.1, -0.05) is 96.7 Å². The largest absolute Gasteiger partial charge is 0.374 e. The van der Waals surface area contributed by atoms with Crippen molar-refractivity contribution < 1.29 is 0 Å². The first-order chi connectivity index (χ1) is 11.4. The molecule has 1 heterocycles. The Labute approximate surface area is 141 Å². The molecule has 1 N–H and O–H groups in total. The predicted molar refractivity (Wildman–Crippen MR) is 99.8 cm³/mol. The molecule has 0 radical (unpaired) electrons. The Bertz CT molecular complexity index is 807. The molecule has 0 fully saturated rings. The van der Waals surface area contributed by atoms with E-state index in [1.165, 1.54) is 27.2 Å². The molecule has 23 heavy (non-hydrogen) atoms. The second-order valence-electron chi connectivity index (χ2n) is 5.53. The molecule has 1 aliphatic heterocycles. The van der Waals surface area contributed by atoms with Gasteiger partial charge in [0.15, 0.2) is 0 Å². The summed E-state index contributed by atoms with van der Waals surface area (Å²) in [5.74, 6) is 0. The topological polar surface area (TPSA) is 12.0 Å². The molecule has 112 valence electrons. The molecule has 3 aromatic rings. The summed E-state index contributed by atoms with van der Waals surface area (Å²) in [5.41, 5.74) is 5.09. The molecule has 0 saturated carbocycles. The Kier molecular flexibility index (Phi) is 3.91. The van der Waals surface area contributed by atoms with Gasteiger partial charge in [-0.15, -0.1) is 0 Å². The van der Waals surface area contributed by atoms with E-state index in [9.17, 15) is 0 Å². The van der Waals surface area contributed by atoms with Gasteiger partial charge in [-0.3, -0.25) is 0 Å². The van der Waals surface area contributed by atoms with Crippen LogP contribution in [0.25, 0.3) is 16.0 Å². The second kappa shape index (κ2) is 6.35. The first-order valence-electron chi connectivity index (χ1n) is 7.74. The maximum atomic E-state index is 3.47. The highest BCUT2D eigenvalue weighted by Crippen LogP contribution is 2.42. The third-order valence-electron chi connectivity index (χ3n) is 3.99. The van der Waals surface area contributed by atoms with E-state index in [1.54, 1.807) is 0 Å². The van der Waals surface area contributed by atoms with Crippen molar-refractivity contribution >= 4 is 16.7 Å². The van der Waals surface area contributed by atoms with Crippen LogP contribution < -0.4 is 5.32 Å². The SMILES string of the molecule is C1=C(c2ccc(-c3ccccc3)cc2)SC(c2ccccc2)N1. The van der Waals surface area contributed by atoms with Gasteiger partial charge in [-0.25, -0.2) is 0 Å². The summed E-state index contributed by atoms with van der Waals surface area (Å²) in [6, 6.07) is 29.9. The van der Waals surface area contributed by atoms with Crippen LogP contribution >= 0.6 is 11.8 Å². The summed E-state index contributed by atoms with van der Waals surface area (Å²) in [6.45, 7) is 0. The van der Waals surface area contributed by atoms with Gasteiger partial charge in [0.25, 0.3) is 0 Å². The molecule has 4 rings (SSSR count). The quantitative estimate of drug-likeness (QED) is 0.666. The molecule has 0 aliphatic carbocycles. The first kappa shape index (κ1) is 14.2. The van der Waals surface area contributed by atoms with Crippen LogP contribution in [-0.2, 0) is 0 Å². The number of rotatable bonds is 3. The highest BCUT2D eigenvalue weighted by molar-refractivity contribution is 8.08. The maximum absolute atomic E-state index is 3.47. The minimum atomic E-state index is 0.306. The Morgan fingerprint density at radius 2 is 1.17 bits per heavy atom. The number of hydrogen-bond donors (Lipinski definition) is 1. The van der Waals surface area contributed by atoms with Gasteiger partial charge in [0.2, 0.25) is 0 Å². The summed E-state index contributed by atoms with van der Waals surface area (Å²) in [7, 11) is 0. The lowest BCUT2D eigenvalue weighted by Gasteiger charge is -2.11. The lowest BCUT2D eigenvalue weighted by atomic mass is 10.0. The van der Waals surface area contributed by atoms with Crippen LogP contribution in [0.4, 0.5) is 0 Å². The molecule has 0 saturated heterocycles. The number of nitrogens with one attached hydrogen (secondary N) is 1. The standard InChI is InChI=1S/C21H17NS/c1-3-7-16(8-4-1)17-11-13-18(14-12-17)20-15-22-21(23-20)19-9-5-2-6-10-19/h1-15,21-22H. The van der Waals surface area contributed by atoms with Crippen molar-refractivity contribution in [3.63, 3.8) is 0 Å². The Morgan fingerprint density at radius 1 is 0.609 bits per heavy atom. The van der Waals surface area contributed by atoms with Crippen molar-refractivity contribution in [2.45, 2.75) is 5.37 Å². The van der Waals surface area contributed by atoms with Crippen LogP contribution in [0.1, 0.15) is 16.5 Å². The molecule has 2 heteroatoms. The third-order valence-corrected chi connectivity index (χ3v) is 5.24. The van der Waals surface area contributed by atoms with Gasteiger partial charge in [0.05, 0.1) is 0 Å². The molecule has 1 aliphatic rings. The van der Waals surface area contributed by atoms with E-state index in [0.29, 0.717) is 5.37 Å². The fourth-order valence-electron chi connectivity index (χ4n) is 2.75. The van der Waals surface area contributed by atoms with Crippen molar-refractivity contribution in [2.75, 3.05) is 0 Å². The second-order valence-corrected chi connectivity index (χ2v) is 6.67. The molecule has 3 aromatic carbocycles. The van der Waals surface area contributed by atoms with Gasteiger partial charge in [-0.05, 0) is 22.3 Å². The zero-order chi connectivity index (χ0) is 15.5. The molecule has 0 spiro atoms. The van der Waals surface area contributed by atoms with Crippen LogP contribution in [0.5, 0.6) is 0 Å². The van der Waals surface area contributed by atoms with Gasteiger partial charge in [-0.2, -0.15) is 0 Å². The van der Waals surface area contributed by atoms with Gasteiger partial charge in [0.1, 0.15) is 5.37 Å². The predicted octanol–water partition coefficient (Wildman–Crippen LogP) is 5.69. The minimum absolute atomic E-state index is 0.306. The zero-order valence-corrected chi connectivity index (χ0v) is 13.5. The van der Waals surface area contributed by atoms with E-state index in [1.807, 2.05) is 17.8 Å². The van der Waals surface area contributed by atoms with Crippen LogP contribution in [0.2, 0.25) is 0 Å². The van der Waals surface area contributed by atoms with E-state index in [4.69, 9.17) is 0 Å². The fourth-order valence-corrected chi connectivity index (χ4v) is 3.84. The van der Waals surface area contributed by atoms with Crippen LogP contribution in [-0.4, -0.2) is 0 Å². The van der Waals surface area contributed by atoms with E-state index < -0.39 is 0 Å². The fraction of sp³-hybridized carbons (Fsp3) is 0.0476. The van der Waals surface area contributed by atoms with E-state index in [0.717, 1.165) is 0 Å².